The van der Waals surface area contributed by atoms with E-state index in [1.165, 1.54) is 22.8 Å². The molecule has 6 heteroatoms. The molecule has 1 aliphatic rings. The van der Waals surface area contributed by atoms with E-state index in [-0.39, 0.29) is 5.91 Å². The Morgan fingerprint density at radius 1 is 1.45 bits per heavy atom. The number of aryl methyl sites for hydroxylation is 1. The molecule has 0 N–H and O–H groups in total. The first-order valence-corrected chi connectivity index (χ1v) is 8.57. The number of rotatable bonds is 3. The van der Waals surface area contributed by atoms with Crippen LogP contribution in [0.2, 0.25) is 0 Å². The van der Waals surface area contributed by atoms with Crippen LogP contribution in [-0.4, -0.2) is 33.9 Å². The van der Waals surface area contributed by atoms with E-state index in [9.17, 15) is 4.79 Å². The molecule has 1 aliphatic heterocycles. The Hall–Kier alpha value is -1.27. The van der Waals surface area contributed by atoms with Gasteiger partial charge in [0, 0.05) is 31.1 Å². The Labute approximate surface area is 126 Å². The summed E-state index contributed by atoms with van der Waals surface area (Å²) in [7, 11) is 0. The van der Waals surface area contributed by atoms with Crippen molar-refractivity contribution in [2.45, 2.75) is 26.2 Å². The molecule has 1 atom stereocenters. The number of piperidine rings is 1. The fraction of sp³-hybridized carbons (Fsp3) is 0.500. The van der Waals surface area contributed by atoms with Crippen molar-refractivity contribution in [2.75, 3.05) is 13.1 Å². The van der Waals surface area contributed by atoms with Gasteiger partial charge in [-0.3, -0.25) is 4.79 Å². The summed E-state index contributed by atoms with van der Waals surface area (Å²) in [4.78, 5) is 23.8. The second kappa shape index (κ2) is 6.01. The Morgan fingerprint density at radius 2 is 2.35 bits per heavy atom. The van der Waals surface area contributed by atoms with Crippen LogP contribution in [0.1, 0.15) is 33.2 Å². The van der Waals surface area contributed by atoms with Gasteiger partial charge in [-0.05, 0) is 25.7 Å². The minimum absolute atomic E-state index is 0.147. The van der Waals surface area contributed by atoms with Gasteiger partial charge < -0.3 is 4.90 Å². The Balaban J connectivity index is 1.66. The number of thiazole rings is 2. The van der Waals surface area contributed by atoms with Crippen LogP contribution in [0.4, 0.5) is 0 Å². The average Bonchev–Trinajstić information content (AvgIpc) is 3.10. The highest BCUT2D eigenvalue weighted by Crippen LogP contribution is 2.24. The Kier molecular flexibility index (Phi) is 4.12. The van der Waals surface area contributed by atoms with Crippen LogP contribution in [0, 0.1) is 12.8 Å². The lowest BCUT2D eigenvalue weighted by Crippen LogP contribution is -2.40. The van der Waals surface area contributed by atoms with E-state index in [2.05, 4.69) is 9.97 Å². The minimum atomic E-state index is 0.147. The molecule has 0 saturated carbocycles. The average molecular weight is 307 g/mol. The highest BCUT2D eigenvalue weighted by atomic mass is 32.1. The van der Waals surface area contributed by atoms with Crippen LogP contribution in [-0.2, 0) is 6.42 Å². The Morgan fingerprint density at radius 3 is 3.05 bits per heavy atom. The van der Waals surface area contributed by atoms with Gasteiger partial charge in [-0.15, -0.1) is 22.7 Å². The van der Waals surface area contributed by atoms with Crippen LogP contribution < -0.4 is 0 Å². The first-order chi connectivity index (χ1) is 9.74. The van der Waals surface area contributed by atoms with Gasteiger partial charge in [-0.25, -0.2) is 9.97 Å². The molecule has 0 aliphatic carbocycles. The van der Waals surface area contributed by atoms with E-state index >= 15 is 0 Å². The third-order valence-electron chi connectivity index (χ3n) is 3.69. The SMILES string of the molecule is Cc1ncsc1C(=O)N1CCC[C@@H](Cc2nccs2)C1. The van der Waals surface area contributed by atoms with Gasteiger partial charge in [0.25, 0.3) is 5.91 Å². The molecule has 1 fully saturated rings. The summed E-state index contributed by atoms with van der Waals surface area (Å²) in [6, 6.07) is 0. The third-order valence-corrected chi connectivity index (χ3v) is 5.41. The molecule has 1 saturated heterocycles. The molecule has 2 aromatic heterocycles. The zero-order valence-electron chi connectivity index (χ0n) is 11.4. The second-order valence-corrected chi connectivity index (χ2v) is 6.99. The fourth-order valence-electron chi connectivity index (χ4n) is 2.67. The van der Waals surface area contributed by atoms with Crippen LogP contribution in [0.25, 0.3) is 0 Å². The molecule has 1 amide bonds. The summed E-state index contributed by atoms with van der Waals surface area (Å²) in [5.41, 5.74) is 2.60. The van der Waals surface area contributed by atoms with Crippen LogP contribution in [0.5, 0.6) is 0 Å². The summed E-state index contributed by atoms with van der Waals surface area (Å²) in [5.74, 6) is 0.681. The van der Waals surface area contributed by atoms with Crippen molar-refractivity contribution in [3.63, 3.8) is 0 Å². The fourth-order valence-corrected chi connectivity index (χ4v) is 4.17. The van der Waals surface area contributed by atoms with Crippen molar-refractivity contribution in [3.05, 3.63) is 32.7 Å². The van der Waals surface area contributed by atoms with Gasteiger partial charge >= 0.3 is 0 Å². The number of carbonyl (C=O) groups is 1. The molecular weight excluding hydrogens is 290 g/mol. The van der Waals surface area contributed by atoms with Crippen molar-refractivity contribution < 1.29 is 4.79 Å². The zero-order valence-corrected chi connectivity index (χ0v) is 13.0. The van der Waals surface area contributed by atoms with Gasteiger partial charge in [0.05, 0.1) is 16.2 Å². The monoisotopic (exact) mass is 307 g/mol. The lowest BCUT2D eigenvalue weighted by molar-refractivity contribution is 0.0677. The van der Waals surface area contributed by atoms with Crippen LogP contribution >= 0.6 is 22.7 Å². The molecule has 20 heavy (non-hydrogen) atoms. The molecule has 3 rings (SSSR count). The quantitative estimate of drug-likeness (QED) is 0.875. The van der Waals surface area contributed by atoms with Crippen molar-refractivity contribution >= 4 is 28.6 Å². The predicted molar refractivity (Wildman–Crippen MR) is 81.3 cm³/mol. The second-order valence-electron chi connectivity index (χ2n) is 5.16. The predicted octanol–water partition coefficient (Wildman–Crippen LogP) is 3.00. The normalized spacial score (nSPS) is 19.2. The number of likely N-dealkylation sites (tertiary alicyclic amines) is 1. The van der Waals surface area contributed by atoms with Crippen LogP contribution in [0.15, 0.2) is 17.1 Å². The van der Waals surface area contributed by atoms with Gasteiger partial charge in [0.15, 0.2) is 0 Å². The highest BCUT2D eigenvalue weighted by Gasteiger charge is 2.26. The first kappa shape index (κ1) is 13.7. The molecular formula is C14H17N3OS2. The molecule has 0 spiro atoms. The summed E-state index contributed by atoms with van der Waals surface area (Å²) in [6.07, 6.45) is 5.11. The molecule has 0 unspecified atom stereocenters. The maximum absolute atomic E-state index is 12.5. The molecule has 106 valence electrons. The maximum Gasteiger partial charge on any atom is 0.265 e. The number of amides is 1. The first-order valence-electron chi connectivity index (χ1n) is 6.82. The van der Waals surface area contributed by atoms with Gasteiger partial charge in [0.1, 0.15) is 4.88 Å². The van der Waals surface area contributed by atoms with E-state index in [4.69, 9.17) is 0 Å². The number of nitrogens with zero attached hydrogens (tertiary/aromatic N) is 3. The highest BCUT2D eigenvalue weighted by molar-refractivity contribution is 7.11. The zero-order chi connectivity index (χ0) is 13.9. The molecule has 4 nitrogen and oxygen atoms in total. The number of hydrogen-bond acceptors (Lipinski definition) is 5. The lowest BCUT2D eigenvalue weighted by Gasteiger charge is -2.32. The summed E-state index contributed by atoms with van der Waals surface area (Å²) >= 11 is 3.15. The maximum atomic E-state index is 12.5. The molecule has 2 aromatic rings. The summed E-state index contributed by atoms with van der Waals surface area (Å²) < 4.78 is 0. The molecule has 3 heterocycles. The van der Waals surface area contributed by atoms with E-state index in [0.29, 0.717) is 5.92 Å². The van der Waals surface area contributed by atoms with E-state index < -0.39 is 0 Å². The van der Waals surface area contributed by atoms with Gasteiger partial charge in [-0.1, -0.05) is 0 Å². The third kappa shape index (κ3) is 2.91. The molecule has 0 bridgehead atoms. The number of hydrogen-bond donors (Lipinski definition) is 0. The van der Waals surface area contributed by atoms with Crippen LogP contribution in [0.3, 0.4) is 0 Å². The lowest BCUT2D eigenvalue weighted by atomic mass is 9.95. The number of carbonyl (C=O) groups excluding carboxylic acids is 1. The van der Waals surface area contributed by atoms with E-state index in [1.54, 1.807) is 16.8 Å². The standard InChI is InChI=1S/C14H17N3OS2/c1-10-13(20-9-16-10)14(18)17-5-2-3-11(8-17)7-12-15-4-6-19-12/h4,6,9,11H,2-3,5,7-8H2,1H3/t11-/m0/s1. The van der Waals surface area contributed by atoms with Crippen molar-refractivity contribution in [2.24, 2.45) is 5.92 Å². The summed E-state index contributed by atoms with van der Waals surface area (Å²) in [6.45, 7) is 3.61. The largest absolute Gasteiger partial charge is 0.338 e. The molecule has 0 aromatic carbocycles. The number of aromatic nitrogens is 2. The van der Waals surface area contributed by atoms with Gasteiger partial charge in [0.2, 0.25) is 0 Å². The topological polar surface area (TPSA) is 46.1 Å². The smallest absolute Gasteiger partial charge is 0.265 e. The van der Waals surface area contributed by atoms with E-state index in [1.807, 2.05) is 23.4 Å². The summed E-state index contributed by atoms with van der Waals surface area (Å²) in [5, 5.41) is 3.19. The molecule has 0 radical (unpaired) electrons. The van der Waals surface area contributed by atoms with Crippen molar-refractivity contribution in [1.29, 1.82) is 0 Å². The van der Waals surface area contributed by atoms with Gasteiger partial charge in [-0.2, -0.15) is 0 Å². The van der Waals surface area contributed by atoms with E-state index in [0.717, 1.165) is 36.5 Å². The van der Waals surface area contributed by atoms with Crippen molar-refractivity contribution in [1.82, 2.24) is 14.9 Å². The Bertz CT molecular complexity index is 579. The van der Waals surface area contributed by atoms with Crippen molar-refractivity contribution in [3.8, 4) is 0 Å². The minimum Gasteiger partial charge on any atom is -0.338 e.